The molecule has 1 fully saturated rings. The van der Waals surface area contributed by atoms with Gasteiger partial charge in [0.05, 0.1) is 6.04 Å². The van der Waals surface area contributed by atoms with Crippen LogP contribution in [0, 0.1) is 0 Å². The van der Waals surface area contributed by atoms with Crippen molar-refractivity contribution in [3.63, 3.8) is 0 Å². The minimum Gasteiger partial charge on any atom is -0.325 e. The molecule has 0 aliphatic carbocycles. The van der Waals surface area contributed by atoms with Gasteiger partial charge < -0.3 is 10.2 Å². The zero-order valence-electron chi connectivity index (χ0n) is 15.7. The summed E-state index contributed by atoms with van der Waals surface area (Å²) in [6.45, 7) is 4.40. The van der Waals surface area contributed by atoms with Gasteiger partial charge in [0.1, 0.15) is 11.8 Å². The van der Waals surface area contributed by atoms with E-state index in [1.54, 1.807) is 0 Å². The maximum atomic E-state index is 12.9. The fourth-order valence-corrected chi connectivity index (χ4v) is 4.38. The number of urea groups is 1. The second-order valence-corrected chi connectivity index (χ2v) is 7.78. The number of imide groups is 1. The average Bonchev–Trinajstić information content (AvgIpc) is 3.15. The number of carbonyl (C=O) groups excluding carboxylic acids is 3. The minimum atomic E-state index is -0.376. The number of fused-ring (bicyclic) bond motifs is 1. The van der Waals surface area contributed by atoms with Gasteiger partial charge in [-0.2, -0.15) is 0 Å². The molecule has 7 heteroatoms. The smallest absolute Gasteiger partial charge is 0.325 e. The van der Waals surface area contributed by atoms with E-state index in [-0.39, 0.29) is 35.7 Å². The van der Waals surface area contributed by atoms with Crippen LogP contribution in [0.2, 0.25) is 0 Å². The van der Waals surface area contributed by atoms with Gasteiger partial charge in [0.15, 0.2) is 0 Å². The Morgan fingerprint density at radius 2 is 2.07 bits per heavy atom. The fourth-order valence-electron chi connectivity index (χ4n) is 3.31. The molecular weight excluding hydrogens is 362 g/mol. The highest BCUT2D eigenvalue weighted by Crippen LogP contribution is 2.34. The molecule has 1 aromatic carbocycles. The molecule has 2 unspecified atom stereocenters. The van der Waals surface area contributed by atoms with Crippen molar-refractivity contribution in [2.24, 2.45) is 0 Å². The molecule has 2 atom stereocenters. The SMILES string of the molecule is CCCCN1C(=O)C2SC=CC2N(CC(=O)Nc2cccc(CC)c2)C1=O. The van der Waals surface area contributed by atoms with Gasteiger partial charge in [0, 0.05) is 12.2 Å². The number of unbranched alkanes of at least 4 members (excludes halogenated alkanes) is 1. The number of carbonyl (C=O) groups is 3. The molecule has 3 rings (SSSR count). The van der Waals surface area contributed by atoms with Crippen LogP contribution in [-0.2, 0) is 16.0 Å². The molecule has 0 aromatic heterocycles. The summed E-state index contributed by atoms with van der Waals surface area (Å²) >= 11 is 1.42. The summed E-state index contributed by atoms with van der Waals surface area (Å²) in [5, 5.41) is 4.36. The third kappa shape index (κ3) is 4.18. The van der Waals surface area contributed by atoms with Crippen LogP contribution in [0.5, 0.6) is 0 Å². The van der Waals surface area contributed by atoms with Gasteiger partial charge in [-0.25, -0.2) is 4.79 Å². The fraction of sp³-hybridized carbons (Fsp3) is 0.450. The Hall–Kier alpha value is -2.28. The standard InChI is InChI=1S/C20H25N3O3S/c1-3-5-10-22-19(25)18-16(9-11-27-18)23(20(22)26)13-17(24)21-15-8-6-7-14(4-2)12-15/h6-9,11-12,16,18H,3-5,10,13H2,1-2H3,(H,21,24). The summed E-state index contributed by atoms with van der Waals surface area (Å²) in [4.78, 5) is 40.9. The summed E-state index contributed by atoms with van der Waals surface area (Å²) in [6.07, 6.45) is 4.38. The van der Waals surface area contributed by atoms with Crippen molar-refractivity contribution in [3.05, 3.63) is 41.3 Å². The number of hydrogen-bond acceptors (Lipinski definition) is 4. The van der Waals surface area contributed by atoms with Crippen LogP contribution in [-0.4, -0.2) is 52.0 Å². The molecule has 6 nitrogen and oxygen atoms in total. The Kier molecular flexibility index (Phi) is 6.21. The van der Waals surface area contributed by atoms with Crippen LogP contribution < -0.4 is 5.32 Å². The number of benzene rings is 1. The number of nitrogens with one attached hydrogen (secondary N) is 1. The van der Waals surface area contributed by atoms with Gasteiger partial charge in [-0.3, -0.25) is 14.5 Å². The van der Waals surface area contributed by atoms with E-state index in [9.17, 15) is 14.4 Å². The molecule has 1 saturated heterocycles. The highest BCUT2D eigenvalue weighted by molar-refractivity contribution is 8.03. The summed E-state index contributed by atoms with van der Waals surface area (Å²) in [7, 11) is 0. The minimum absolute atomic E-state index is 0.0723. The molecule has 1 N–H and O–H groups in total. The van der Waals surface area contributed by atoms with Crippen molar-refractivity contribution in [3.8, 4) is 0 Å². The monoisotopic (exact) mass is 387 g/mol. The molecule has 27 heavy (non-hydrogen) atoms. The van der Waals surface area contributed by atoms with Crippen LogP contribution >= 0.6 is 11.8 Å². The lowest BCUT2D eigenvalue weighted by Crippen LogP contribution is -2.63. The predicted octanol–water partition coefficient (Wildman–Crippen LogP) is 3.25. The van der Waals surface area contributed by atoms with Crippen LogP contribution in [0.4, 0.5) is 10.5 Å². The lowest BCUT2D eigenvalue weighted by Gasteiger charge is -2.40. The van der Waals surface area contributed by atoms with E-state index in [2.05, 4.69) is 12.2 Å². The molecule has 0 spiro atoms. The normalized spacial score (nSPS) is 21.6. The Bertz CT molecular complexity index is 765. The van der Waals surface area contributed by atoms with Crippen molar-refractivity contribution in [2.45, 2.75) is 44.4 Å². The van der Waals surface area contributed by atoms with E-state index in [4.69, 9.17) is 0 Å². The van der Waals surface area contributed by atoms with Crippen LogP contribution in [0.15, 0.2) is 35.7 Å². The van der Waals surface area contributed by atoms with Gasteiger partial charge in [0.2, 0.25) is 11.8 Å². The third-order valence-corrected chi connectivity index (χ3v) is 5.91. The summed E-state index contributed by atoms with van der Waals surface area (Å²) in [6, 6.07) is 6.94. The van der Waals surface area contributed by atoms with Crippen molar-refractivity contribution in [1.29, 1.82) is 0 Å². The average molecular weight is 388 g/mol. The first-order chi connectivity index (χ1) is 13.0. The maximum absolute atomic E-state index is 12.9. The number of thioether (sulfide) groups is 1. The first-order valence-electron chi connectivity index (χ1n) is 9.38. The van der Waals surface area contributed by atoms with E-state index in [0.29, 0.717) is 6.54 Å². The molecular formula is C20H25N3O3S. The zero-order chi connectivity index (χ0) is 19.4. The highest BCUT2D eigenvalue weighted by atomic mass is 32.2. The number of aryl methyl sites for hydroxylation is 1. The van der Waals surface area contributed by atoms with Crippen LogP contribution in [0.1, 0.15) is 32.3 Å². The molecule has 2 heterocycles. The number of nitrogens with zero attached hydrogens (tertiary/aromatic N) is 2. The van der Waals surface area contributed by atoms with E-state index in [1.165, 1.54) is 21.6 Å². The molecule has 144 valence electrons. The van der Waals surface area contributed by atoms with Crippen LogP contribution in [0.3, 0.4) is 0 Å². The Labute approximate surface area is 164 Å². The third-order valence-electron chi connectivity index (χ3n) is 4.83. The largest absolute Gasteiger partial charge is 0.327 e. The molecule has 4 amide bonds. The lowest BCUT2D eigenvalue weighted by atomic mass is 10.1. The Balaban J connectivity index is 1.72. The van der Waals surface area contributed by atoms with Gasteiger partial charge in [-0.1, -0.05) is 38.5 Å². The quantitative estimate of drug-likeness (QED) is 0.780. The molecule has 0 saturated carbocycles. The second-order valence-electron chi connectivity index (χ2n) is 6.73. The summed E-state index contributed by atoms with van der Waals surface area (Å²) < 4.78 is 0. The van der Waals surface area contributed by atoms with Crippen molar-refractivity contribution in [1.82, 2.24) is 9.80 Å². The van der Waals surface area contributed by atoms with Crippen molar-refractivity contribution < 1.29 is 14.4 Å². The van der Waals surface area contributed by atoms with Gasteiger partial charge in [-0.15, -0.1) is 11.8 Å². The van der Waals surface area contributed by atoms with E-state index >= 15 is 0 Å². The maximum Gasteiger partial charge on any atom is 0.327 e. The van der Waals surface area contributed by atoms with Gasteiger partial charge in [-0.05, 0) is 35.9 Å². The first kappa shape index (κ1) is 19.5. The molecule has 2 aliphatic heterocycles. The topological polar surface area (TPSA) is 69.7 Å². The number of anilines is 1. The molecule has 1 aromatic rings. The zero-order valence-corrected chi connectivity index (χ0v) is 16.5. The summed E-state index contributed by atoms with van der Waals surface area (Å²) in [5.41, 5.74) is 1.85. The predicted molar refractivity (Wildman–Crippen MR) is 107 cm³/mol. The Morgan fingerprint density at radius 1 is 1.26 bits per heavy atom. The summed E-state index contributed by atoms with van der Waals surface area (Å²) in [5.74, 6) is -0.411. The molecule has 2 aliphatic rings. The van der Waals surface area contributed by atoms with Crippen molar-refractivity contribution in [2.75, 3.05) is 18.4 Å². The second kappa shape index (κ2) is 8.61. The lowest BCUT2D eigenvalue weighted by molar-refractivity contribution is -0.132. The first-order valence-corrected chi connectivity index (χ1v) is 10.3. The van der Waals surface area contributed by atoms with E-state index in [0.717, 1.165) is 30.5 Å². The van der Waals surface area contributed by atoms with Gasteiger partial charge >= 0.3 is 6.03 Å². The molecule has 0 radical (unpaired) electrons. The number of amides is 4. The number of hydrogen-bond donors (Lipinski definition) is 1. The highest BCUT2D eigenvalue weighted by Gasteiger charge is 2.47. The van der Waals surface area contributed by atoms with Crippen LogP contribution in [0.25, 0.3) is 0 Å². The number of rotatable bonds is 7. The van der Waals surface area contributed by atoms with E-state index < -0.39 is 0 Å². The Morgan fingerprint density at radius 3 is 2.81 bits per heavy atom. The molecule has 0 bridgehead atoms. The van der Waals surface area contributed by atoms with E-state index in [1.807, 2.05) is 42.7 Å². The van der Waals surface area contributed by atoms with Gasteiger partial charge in [0.25, 0.3) is 0 Å². The van der Waals surface area contributed by atoms with Crippen molar-refractivity contribution >= 4 is 35.3 Å².